The fraction of sp³-hybridized carbons (Fsp3) is 0.167. The maximum Gasteiger partial charge on any atom is 0.271 e. The maximum atomic E-state index is 13.4. The number of aliphatic imine (C=N–C) groups is 1. The Morgan fingerprint density at radius 1 is 0.966 bits per heavy atom. The van der Waals surface area contributed by atoms with E-state index in [0.717, 1.165) is 35.3 Å². The van der Waals surface area contributed by atoms with Crippen LogP contribution in [0, 0.1) is 0 Å². The number of anilines is 1. The van der Waals surface area contributed by atoms with Crippen molar-refractivity contribution in [2.45, 2.75) is 26.7 Å². The SMILES string of the molecule is CCc1ccccc1N=C1S/C(=C\c2ccco2)C(=O)N1c1ccccc1CC. The van der Waals surface area contributed by atoms with Crippen LogP contribution in [-0.4, -0.2) is 11.1 Å². The number of hydrogen-bond acceptors (Lipinski definition) is 4. The predicted molar refractivity (Wildman–Crippen MR) is 120 cm³/mol. The monoisotopic (exact) mass is 402 g/mol. The molecule has 1 saturated heterocycles. The molecule has 1 aromatic heterocycles. The van der Waals surface area contributed by atoms with E-state index in [1.54, 1.807) is 17.2 Å². The van der Waals surface area contributed by atoms with E-state index in [-0.39, 0.29) is 5.91 Å². The molecule has 29 heavy (non-hydrogen) atoms. The first-order chi connectivity index (χ1) is 14.2. The Bertz CT molecular complexity index is 1080. The Kier molecular flexibility index (Phi) is 5.67. The first kappa shape index (κ1) is 19.3. The number of benzene rings is 2. The molecule has 4 rings (SSSR count). The zero-order valence-corrected chi connectivity index (χ0v) is 17.3. The number of furan rings is 1. The molecule has 5 heteroatoms. The van der Waals surface area contributed by atoms with Crippen molar-refractivity contribution in [2.75, 3.05) is 4.90 Å². The van der Waals surface area contributed by atoms with Crippen molar-refractivity contribution in [2.24, 2.45) is 4.99 Å². The average Bonchev–Trinajstić information content (AvgIpc) is 3.37. The van der Waals surface area contributed by atoms with Gasteiger partial charge in [0.1, 0.15) is 5.76 Å². The summed E-state index contributed by atoms with van der Waals surface area (Å²) in [6, 6.07) is 19.7. The minimum Gasteiger partial charge on any atom is -0.465 e. The fourth-order valence-corrected chi connectivity index (χ4v) is 4.28. The van der Waals surface area contributed by atoms with Crippen molar-refractivity contribution in [3.05, 3.63) is 88.7 Å². The van der Waals surface area contributed by atoms with Crippen LogP contribution in [0.25, 0.3) is 6.08 Å². The number of rotatable bonds is 5. The lowest BCUT2D eigenvalue weighted by Crippen LogP contribution is -2.29. The zero-order valence-electron chi connectivity index (χ0n) is 16.5. The highest BCUT2D eigenvalue weighted by molar-refractivity contribution is 8.19. The second-order valence-electron chi connectivity index (χ2n) is 6.63. The van der Waals surface area contributed by atoms with Gasteiger partial charge in [0.15, 0.2) is 5.17 Å². The number of carbonyl (C=O) groups excluding carboxylic acids is 1. The van der Waals surface area contributed by atoms with Crippen LogP contribution < -0.4 is 4.90 Å². The highest BCUT2D eigenvalue weighted by atomic mass is 32.2. The standard InChI is InChI=1S/C24H22N2O2S/c1-3-17-10-5-7-13-20(17)25-24-26(21-14-8-6-11-18(21)4-2)23(27)22(29-24)16-19-12-9-15-28-19/h5-16H,3-4H2,1-2H3/b22-16-,25-24?. The van der Waals surface area contributed by atoms with Crippen molar-refractivity contribution in [3.63, 3.8) is 0 Å². The van der Waals surface area contributed by atoms with Crippen molar-refractivity contribution in [3.8, 4) is 0 Å². The molecule has 0 bridgehead atoms. The number of hydrogen-bond donors (Lipinski definition) is 0. The van der Waals surface area contributed by atoms with E-state index in [1.165, 1.54) is 11.8 Å². The predicted octanol–water partition coefficient (Wildman–Crippen LogP) is 6.21. The van der Waals surface area contributed by atoms with Crippen molar-refractivity contribution in [1.29, 1.82) is 0 Å². The molecule has 0 radical (unpaired) electrons. The molecule has 3 aromatic rings. The quantitative estimate of drug-likeness (QED) is 0.476. The molecule has 1 aliphatic rings. The Morgan fingerprint density at radius 2 is 1.69 bits per heavy atom. The molecular formula is C24H22N2O2S. The van der Waals surface area contributed by atoms with E-state index in [2.05, 4.69) is 26.0 Å². The van der Waals surface area contributed by atoms with E-state index in [0.29, 0.717) is 15.8 Å². The summed E-state index contributed by atoms with van der Waals surface area (Å²) in [6.07, 6.45) is 5.10. The molecule has 0 N–H and O–H groups in total. The minimum absolute atomic E-state index is 0.0833. The van der Waals surface area contributed by atoms with Gasteiger partial charge in [0.25, 0.3) is 5.91 Å². The van der Waals surface area contributed by atoms with Crippen molar-refractivity contribution in [1.82, 2.24) is 0 Å². The highest BCUT2D eigenvalue weighted by Gasteiger charge is 2.36. The molecule has 0 unspecified atom stereocenters. The summed E-state index contributed by atoms with van der Waals surface area (Å²) in [6.45, 7) is 4.20. The number of nitrogens with zero attached hydrogens (tertiary/aromatic N) is 2. The van der Waals surface area contributed by atoms with Crippen LogP contribution in [0.2, 0.25) is 0 Å². The lowest BCUT2D eigenvalue weighted by Gasteiger charge is -2.19. The second-order valence-corrected chi connectivity index (χ2v) is 7.63. The van der Waals surface area contributed by atoms with E-state index in [4.69, 9.17) is 9.41 Å². The number of amidine groups is 1. The number of para-hydroxylation sites is 2. The van der Waals surface area contributed by atoms with Gasteiger partial charge >= 0.3 is 0 Å². The molecule has 0 atom stereocenters. The summed E-state index contributed by atoms with van der Waals surface area (Å²) < 4.78 is 5.42. The number of aryl methyl sites for hydroxylation is 2. The van der Waals surface area contributed by atoms with Crippen molar-refractivity contribution >= 4 is 40.3 Å². The summed E-state index contributed by atoms with van der Waals surface area (Å²) in [5.74, 6) is 0.569. The van der Waals surface area contributed by atoms with Crippen LogP contribution in [0.1, 0.15) is 30.7 Å². The van der Waals surface area contributed by atoms with Gasteiger partial charge < -0.3 is 4.42 Å². The molecule has 1 amide bonds. The van der Waals surface area contributed by atoms with Gasteiger partial charge in [-0.2, -0.15) is 0 Å². The van der Waals surface area contributed by atoms with Gasteiger partial charge in [-0.1, -0.05) is 50.2 Å². The normalized spacial score (nSPS) is 16.9. The molecule has 146 valence electrons. The first-order valence-electron chi connectivity index (χ1n) is 9.73. The minimum atomic E-state index is -0.0833. The molecule has 1 fully saturated rings. The summed E-state index contributed by atoms with van der Waals surface area (Å²) in [4.78, 5) is 20.6. The molecule has 4 nitrogen and oxygen atoms in total. The van der Waals surface area contributed by atoms with Crippen LogP contribution in [0.15, 0.2) is 81.2 Å². The maximum absolute atomic E-state index is 13.4. The van der Waals surface area contributed by atoms with Crippen LogP contribution in [-0.2, 0) is 17.6 Å². The lowest BCUT2D eigenvalue weighted by atomic mass is 10.1. The Labute approximate surface area is 175 Å². The molecule has 2 heterocycles. The molecule has 2 aromatic carbocycles. The average molecular weight is 403 g/mol. The van der Waals surface area contributed by atoms with Gasteiger partial charge in [-0.25, -0.2) is 4.99 Å². The van der Waals surface area contributed by atoms with Crippen LogP contribution in [0.4, 0.5) is 11.4 Å². The van der Waals surface area contributed by atoms with Gasteiger partial charge in [0.2, 0.25) is 0 Å². The topological polar surface area (TPSA) is 45.8 Å². The second kappa shape index (κ2) is 8.53. The van der Waals surface area contributed by atoms with E-state index in [1.807, 2.05) is 48.5 Å². The molecule has 0 spiro atoms. The molecular weight excluding hydrogens is 380 g/mol. The summed E-state index contributed by atoms with van der Waals surface area (Å²) >= 11 is 1.38. The third-order valence-corrected chi connectivity index (χ3v) is 5.79. The van der Waals surface area contributed by atoms with Gasteiger partial charge in [0, 0.05) is 6.08 Å². The third kappa shape index (κ3) is 3.91. The lowest BCUT2D eigenvalue weighted by molar-refractivity contribution is -0.113. The Morgan fingerprint density at radius 3 is 2.41 bits per heavy atom. The van der Waals surface area contributed by atoms with Gasteiger partial charge in [-0.3, -0.25) is 9.69 Å². The van der Waals surface area contributed by atoms with Crippen molar-refractivity contribution < 1.29 is 9.21 Å². The number of carbonyl (C=O) groups is 1. The molecule has 0 aliphatic carbocycles. The van der Waals surface area contributed by atoms with Crippen LogP contribution in [0.5, 0.6) is 0 Å². The highest BCUT2D eigenvalue weighted by Crippen LogP contribution is 2.39. The summed E-state index contributed by atoms with van der Waals surface area (Å²) in [5, 5.41) is 0.662. The summed E-state index contributed by atoms with van der Waals surface area (Å²) in [7, 11) is 0. The molecule has 1 aliphatic heterocycles. The zero-order chi connectivity index (χ0) is 20.2. The Hall–Kier alpha value is -3.05. The number of thioether (sulfide) groups is 1. The third-order valence-electron chi connectivity index (χ3n) is 4.82. The number of amides is 1. The van der Waals surface area contributed by atoms with E-state index in [9.17, 15) is 4.79 Å². The van der Waals surface area contributed by atoms with E-state index < -0.39 is 0 Å². The van der Waals surface area contributed by atoms with Crippen LogP contribution >= 0.6 is 11.8 Å². The largest absolute Gasteiger partial charge is 0.465 e. The summed E-state index contributed by atoms with van der Waals surface area (Å²) in [5.41, 5.74) is 4.03. The van der Waals surface area contributed by atoms with E-state index >= 15 is 0 Å². The smallest absolute Gasteiger partial charge is 0.271 e. The fourth-order valence-electron chi connectivity index (χ4n) is 3.31. The van der Waals surface area contributed by atoms with Gasteiger partial charge in [-0.05, 0) is 60.0 Å². The van der Waals surface area contributed by atoms with Gasteiger partial charge in [-0.15, -0.1) is 0 Å². The first-order valence-corrected chi connectivity index (χ1v) is 10.5. The Balaban J connectivity index is 1.84. The molecule has 0 saturated carbocycles. The van der Waals surface area contributed by atoms with Crippen LogP contribution in [0.3, 0.4) is 0 Å². The van der Waals surface area contributed by atoms with Gasteiger partial charge in [0.05, 0.1) is 22.5 Å².